The van der Waals surface area contributed by atoms with Crippen molar-refractivity contribution in [1.82, 2.24) is 0 Å². The van der Waals surface area contributed by atoms with Crippen molar-refractivity contribution >= 4 is 5.84 Å². The van der Waals surface area contributed by atoms with Crippen molar-refractivity contribution in [3.05, 3.63) is 29.3 Å². The van der Waals surface area contributed by atoms with Crippen molar-refractivity contribution in [3.8, 4) is 5.75 Å². The normalized spacial score (nSPS) is 11.6. The molecule has 1 aromatic rings. The van der Waals surface area contributed by atoms with Crippen molar-refractivity contribution in [2.24, 2.45) is 10.9 Å². The van der Waals surface area contributed by atoms with E-state index in [4.69, 9.17) is 10.9 Å². The first-order valence-electron chi connectivity index (χ1n) is 3.89. The number of hydrogen-bond acceptors (Lipinski definition) is 3. The maximum atomic E-state index is 12.9. The highest BCUT2D eigenvalue weighted by atomic mass is 19.2. The predicted octanol–water partition coefficient (Wildman–Crippen LogP) is 1.37. The van der Waals surface area contributed by atoms with Crippen LogP contribution >= 0.6 is 0 Å². The highest BCUT2D eigenvalue weighted by Crippen LogP contribution is 2.26. The molecule has 0 saturated carbocycles. The summed E-state index contributed by atoms with van der Waals surface area (Å²) in [5, 5.41) is 10.6. The Morgan fingerprint density at radius 3 is 2.19 bits per heavy atom. The molecule has 0 heterocycles. The average Bonchev–Trinajstić information content (AvgIpc) is 2.26. The SMILES string of the molecule is N/C(COc1c(F)c(F)cc(F)c1F)=N/O. The second-order valence-electron chi connectivity index (χ2n) is 2.68. The second-order valence-corrected chi connectivity index (χ2v) is 2.68. The van der Waals surface area contributed by atoms with Gasteiger partial charge in [0, 0.05) is 6.07 Å². The lowest BCUT2D eigenvalue weighted by Crippen LogP contribution is -2.22. The molecule has 4 nitrogen and oxygen atoms in total. The summed E-state index contributed by atoms with van der Waals surface area (Å²) in [6.07, 6.45) is 0. The summed E-state index contributed by atoms with van der Waals surface area (Å²) in [4.78, 5) is 0. The molecule has 0 saturated heterocycles. The van der Waals surface area contributed by atoms with Gasteiger partial charge in [-0.1, -0.05) is 5.16 Å². The van der Waals surface area contributed by atoms with E-state index in [0.29, 0.717) is 0 Å². The van der Waals surface area contributed by atoms with Crippen LogP contribution in [0.5, 0.6) is 5.75 Å². The van der Waals surface area contributed by atoms with Crippen LogP contribution in [0.1, 0.15) is 0 Å². The summed E-state index contributed by atoms with van der Waals surface area (Å²) in [6, 6.07) is 0.0427. The summed E-state index contributed by atoms with van der Waals surface area (Å²) in [5.74, 6) is -8.36. The minimum atomic E-state index is -1.69. The molecule has 0 aliphatic rings. The molecule has 0 spiro atoms. The van der Waals surface area contributed by atoms with Crippen LogP contribution in [-0.4, -0.2) is 17.6 Å². The van der Waals surface area contributed by atoms with Crippen LogP contribution in [0.3, 0.4) is 0 Å². The third-order valence-corrected chi connectivity index (χ3v) is 1.56. The number of hydrogen-bond donors (Lipinski definition) is 2. The summed E-state index contributed by atoms with van der Waals surface area (Å²) in [7, 11) is 0. The fourth-order valence-electron chi connectivity index (χ4n) is 0.853. The van der Waals surface area contributed by atoms with Gasteiger partial charge in [-0.25, -0.2) is 8.78 Å². The molecule has 88 valence electrons. The quantitative estimate of drug-likeness (QED) is 0.209. The van der Waals surface area contributed by atoms with E-state index < -0.39 is 41.5 Å². The average molecular weight is 238 g/mol. The first-order valence-corrected chi connectivity index (χ1v) is 3.89. The maximum Gasteiger partial charge on any atom is 0.203 e. The van der Waals surface area contributed by atoms with E-state index in [9.17, 15) is 17.6 Å². The predicted molar refractivity (Wildman–Crippen MR) is 45.2 cm³/mol. The van der Waals surface area contributed by atoms with Gasteiger partial charge in [0.2, 0.25) is 11.6 Å². The van der Waals surface area contributed by atoms with Crippen molar-refractivity contribution in [2.45, 2.75) is 0 Å². The Balaban J connectivity index is 3.03. The minimum absolute atomic E-state index is 0.0427. The third-order valence-electron chi connectivity index (χ3n) is 1.56. The van der Waals surface area contributed by atoms with Gasteiger partial charge in [-0.15, -0.1) is 0 Å². The van der Waals surface area contributed by atoms with Crippen LogP contribution in [-0.2, 0) is 0 Å². The summed E-state index contributed by atoms with van der Waals surface area (Å²) in [5.41, 5.74) is 4.94. The van der Waals surface area contributed by atoms with Gasteiger partial charge in [0.1, 0.15) is 6.61 Å². The molecule has 3 N–H and O–H groups in total. The van der Waals surface area contributed by atoms with Gasteiger partial charge in [-0.05, 0) is 0 Å². The Hall–Kier alpha value is -1.99. The number of oxime groups is 1. The van der Waals surface area contributed by atoms with Crippen LogP contribution in [0, 0.1) is 23.3 Å². The van der Waals surface area contributed by atoms with E-state index in [-0.39, 0.29) is 6.07 Å². The van der Waals surface area contributed by atoms with Crippen LogP contribution in [0.2, 0.25) is 0 Å². The zero-order valence-corrected chi connectivity index (χ0v) is 7.68. The van der Waals surface area contributed by atoms with E-state index in [1.54, 1.807) is 0 Å². The molecule has 0 amide bonds. The molecule has 1 rings (SSSR count). The summed E-state index contributed by atoms with van der Waals surface area (Å²) in [6.45, 7) is -0.715. The molecule has 0 radical (unpaired) electrons. The monoisotopic (exact) mass is 238 g/mol. The smallest absolute Gasteiger partial charge is 0.203 e. The van der Waals surface area contributed by atoms with Crippen LogP contribution in [0.15, 0.2) is 11.2 Å². The third kappa shape index (κ3) is 2.33. The van der Waals surface area contributed by atoms with E-state index in [1.165, 1.54) is 0 Å². The number of nitrogens with two attached hydrogens (primary N) is 1. The van der Waals surface area contributed by atoms with Gasteiger partial charge in [0.15, 0.2) is 23.2 Å². The minimum Gasteiger partial charge on any atom is -0.479 e. The summed E-state index contributed by atoms with van der Waals surface area (Å²) >= 11 is 0. The molecule has 8 heteroatoms. The second kappa shape index (κ2) is 4.69. The van der Waals surface area contributed by atoms with Gasteiger partial charge in [0.05, 0.1) is 0 Å². The van der Waals surface area contributed by atoms with Crippen molar-refractivity contribution in [3.63, 3.8) is 0 Å². The number of rotatable bonds is 3. The fourth-order valence-corrected chi connectivity index (χ4v) is 0.853. The molecule has 0 aliphatic carbocycles. The number of nitrogens with zero attached hydrogens (tertiary/aromatic N) is 1. The zero-order valence-electron chi connectivity index (χ0n) is 7.68. The molecule has 0 atom stereocenters. The molecular weight excluding hydrogens is 232 g/mol. The first-order chi connectivity index (χ1) is 7.47. The van der Waals surface area contributed by atoms with E-state index >= 15 is 0 Å². The van der Waals surface area contributed by atoms with E-state index in [2.05, 4.69) is 9.89 Å². The lowest BCUT2D eigenvalue weighted by Gasteiger charge is -2.08. The maximum absolute atomic E-state index is 12.9. The molecule has 0 unspecified atom stereocenters. The number of amidine groups is 1. The Kier molecular flexibility index (Phi) is 3.54. The Morgan fingerprint density at radius 1 is 1.25 bits per heavy atom. The van der Waals surface area contributed by atoms with Crippen molar-refractivity contribution in [2.75, 3.05) is 6.61 Å². The number of ether oxygens (including phenoxy) is 1. The van der Waals surface area contributed by atoms with Crippen molar-refractivity contribution in [1.29, 1.82) is 0 Å². The Morgan fingerprint density at radius 2 is 1.75 bits per heavy atom. The van der Waals surface area contributed by atoms with Gasteiger partial charge in [0.25, 0.3) is 0 Å². The van der Waals surface area contributed by atoms with Gasteiger partial charge in [-0.3, -0.25) is 0 Å². The highest BCUT2D eigenvalue weighted by Gasteiger charge is 2.20. The molecule has 0 aliphatic heterocycles. The molecule has 0 bridgehead atoms. The number of halogens is 4. The lowest BCUT2D eigenvalue weighted by molar-refractivity contribution is 0.290. The van der Waals surface area contributed by atoms with E-state index in [1.807, 2.05) is 0 Å². The van der Waals surface area contributed by atoms with Gasteiger partial charge >= 0.3 is 0 Å². The Bertz CT molecular complexity index is 410. The van der Waals surface area contributed by atoms with Gasteiger partial charge in [-0.2, -0.15) is 8.78 Å². The van der Waals surface area contributed by atoms with Crippen LogP contribution in [0.4, 0.5) is 17.6 Å². The van der Waals surface area contributed by atoms with Crippen molar-refractivity contribution < 1.29 is 27.5 Å². The van der Waals surface area contributed by atoms with E-state index in [0.717, 1.165) is 0 Å². The van der Waals surface area contributed by atoms with Crippen LogP contribution < -0.4 is 10.5 Å². The standard InChI is InChI=1S/C8H6F4N2O2/c9-3-1-4(10)7(12)8(6(3)11)16-2-5(13)14-15/h1,15H,2H2,(H2,13,14). The molecule has 16 heavy (non-hydrogen) atoms. The molecule has 0 aromatic heterocycles. The fraction of sp³-hybridized carbons (Fsp3) is 0.125. The highest BCUT2D eigenvalue weighted by molar-refractivity contribution is 5.81. The topological polar surface area (TPSA) is 67.8 Å². The molecule has 1 aromatic carbocycles. The van der Waals surface area contributed by atoms with Crippen LogP contribution in [0.25, 0.3) is 0 Å². The zero-order chi connectivity index (χ0) is 12.3. The summed E-state index contributed by atoms with van der Waals surface area (Å²) < 4.78 is 55.5. The first kappa shape index (κ1) is 12.1. The molecular formula is C8H6F4N2O2. The Labute approximate surface area is 86.9 Å². The molecule has 0 fully saturated rings. The largest absolute Gasteiger partial charge is 0.479 e. The number of benzene rings is 1. The van der Waals surface area contributed by atoms with Gasteiger partial charge < -0.3 is 15.7 Å². The lowest BCUT2D eigenvalue weighted by atomic mass is 10.3.